The van der Waals surface area contributed by atoms with Gasteiger partial charge in [0.1, 0.15) is 22.9 Å². The maximum absolute atomic E-state index is 11.8. The van der Waals surface area contributed by atoms with Gasteiger partial charge in [0, 0.05) is 32.0 Å². The average Bonchev–Trinajstić information content (AvgIpc) is 2.77. The molecule has 3 atom stereocenters. The molecule has 3 unspecified atom stereocenters. The number of benzene rings is 1. The molecular formula is C24H32O3S2. The number of hydrogen-bond donors (Lipinski definition) is 1. The maximum Gasteiger partial charge on any atom is 0.129 e. The highest BCUT2D eigenvalue weighted by atomic mass is 32.2. The van der Waals surface area contributed by atoms with E-state index in [1.165, 1.54) is 12.0 Å². The lowest BCUT2D eigenvalue weighted by Gasteiger charge is -2.47. The van der Waals surface area contributed by atoms with Crippen molar-refractivity contribution in [1.82, 2.24) is 0 Å². The molecule has 1 aliphatic carbocycles. The third-order valence-corrected chi connectivity index (χ3v) is 9.19. The summed E-state index contributed by atoms with van der Waals surface area (Å²) in [5, 5.41) is 11.1. The molecule has 1 N–H and O–H groups in total. The van der Waals surface area contributed by atoms with Crippen LogP contribution in [-0.2, 0) is 11.2 Å². The maximum atomic E-state index is 11.8. The molecule has 4 rings (SSSR count). The molecule has 5 heteroatoms. The molecule has 0 bridgehead atoms. The zero-order valence-electron chi connectivity index (χ0n) is 22.7. The van der Waals surface area contributed by atoms with Crippen LogP contribution in [0.15, 0.2) is 23.8 Å². The predicted molar refractivity (Wildman–Crippen MR) is 123 cm³/mol. The minimum atomic E-state index is -2.61. The second kappa shape index (κ2) is 8.58. The van der Waals surface area contributed by atoms with E-state index in [1.54, 1.807) is 19.1 Å². The number of aromatic hydroxyl groups is 1. The number of phenols is 1. The number of aryl methyl sites for hydroxylation is 1. The second-order valence-electron chi connectivity index (χ2n) is 8.35. The molecule has 2 heterocycles. The number of allylic oxidation sites excluding steroid dienone is 1. The first kappa shape index (κ1) is 14.9. The fraction of sp³-hybridized carbons (Fsp3) is 0.625. The number of ether oxygens (including phenoxy) is 1. The van der Waals surface area contributed by atoms with Crippen molar-refractivity contribution in [3.8, 4) is 11.5 Å². The number of thioether (sulfide) groups is 2. The van der Waals surface area contributed by atoms with Crippen LogP contribution >= 0.6 is 23.5 Å². The summed E-state index contributed by atoms with van der Waals surface area (Å²) in [4.78, 5) is 11.8. The van der Waals surface area contributed by atoms with Crippen LogP contribution in [-0.4, -0.2) is 32.6 Å². The Bertz CT molecular complexity index is 1000. The van der Waals surface area contributed by atoms with E-state index < -0.39 is 25.1 Å². The number of carbonyl (C=O) groups excluding carboxylic acids is 1. The summed E-state index contributed by atoms with van der Waals surface area (Å²) >= 11 is 3.88. The Labute approximate surface area is 191 Å². The van der Waals surface area contributed by atoms with Gasteiger partial charge in [-0.15, -0.1) is 23.5 Å². The molecule has 0 radical (unpaired) electrons. The first-order valence-electron chi connectivity index (χ1n) is 13.3. The first-order valence-corrected chi connectivity index (χ1v) is 12.4. The quantitative estimate of drug-likeness (QED) is 0.564. The normalized spacial score (nSPS) is 33.3. The smallest absolute Gasteiger partial charge is 0.129 e. The molecule has 0 aromatic heterocycles. The minimum Gasteiger partial charge on any atom is -0.507 e. The monoisotopic (exact) mass is 438 g/mol. The molecule has 158 valence electrons. The van der Waals surface area contributed by atoms with Crippen molar-refractivity contribution in [2.24, 2.45) is 5.92 Å². The van der Waals surface area contributed by atoms with Crippen molar-refractivity contribution < 1.29 is 22.9 Å². The fourth-order valence-electron chi connectivity index (χ4n) is 4.72. The Kier molecular flexibility index (Phi) is 4.40. The highest BCUT2D eigenvalue weighted by Crippen LogP contribution is 2.55. The molecule has 1 fully saturated rings. The van der Waals surface area contributed by atoms with E-state index in [1.807, 2.05) is 23.5 Å². The van der Waals surface area contributed by atoms with Crippen molar-refractivity contribution in [1.29, 1.82) is 0 Å². The van der Waals surface area contributed by atoms with Crippen molar-refractivity contribution in [3.63, 3.8) is 0 Å². The Hall–Kier alpha value is -1.07. The molecule has 0 amide bonds. The van der Waals surface area contributed by atoms with Crippen LogP contribution in [0, 0.1) is 5.92 Å². The lowest BCUT2D eigenvalue weighted by molar-refractivity contribution is -0.117. The molecule has 3 aliphatic rings. The van der Waals surface area contributed by atoms with Gasteiger partial charge in [-0.3, -0.25) is 0 Å². The van der Waals surface area contributed by atoms with Crippen LogP contribution in [0.3, 0.4) is 0 Å². The molecule has 1 aromatic carbocycles. The lowest BCUT2D eigenvalue weighted by atomic mass is 9.68. The summed E-state index contributed by atoms with van der Waals surface area (Å²) in [6, 6.07) is 3.39. The number of fused-ring (bicyclic) bond motifs is 3. The predicted octanol–water partition coefficient (Wildman–Crippen LogP) is 6.09. The summed E-state index contributed by atoms with van der Waals surface area (Å²) in [5.74, 6) is 1.32. The van der Waals surface area contributed by atoms with Crippen LogP contribution in [0.5, 0.6) is 11.5 Å². The lowest BCUT2D eigenvalue weighted by Crippen LogP contribution is -2.45. The van der Waals surface area contributed by atoms with Crippen LogP contribution < -0.4 is 4.74 Å². The van der Waals surface area contributed by atoms with E-state index in [4.69, 9.17) is 13.0 Å². The van der Waals surface area contributed by atoms with Gasteiger partial charge in [-0.1, -0.05) is 11.6 Å². The Balaban J connectivity index is 1.67. The summed E-state index contributed by atoms with van der Waals surface area (Å²) < 4.78 is 53.1. The highest BCUT2D eigenvalue weighted by Gasteiger charge is 2.46. The van der Waals surface area contributed by atoms with E-state index >= 15 is 0 Å². The average molecular weight is 439 g/mol. The summed E-state index contributed by atoms with van der Waals surface area (Å²) in [6.07, 6.45) is 5.49. The van der Waals surface area contributed by atoms with Crippen LogP contribution in [0.25, 0.3) is 0 Å². The van der Waals surface area contributed by atoms with Crippen molar-refractivity contribution in [2.75, 3.05) is 11.5 Å². The van der Waals surface area contributed by atoms with Gasteiger partial charge in [0.05, 0.1) is 4.58 Å². The molecule has 0 saturated carbocycles. The van der Waals surface area contributed by atoms with Gasteiger partial charge in [0.2, 0.25) is 0 Å². The number of phenolic OH excluding ortho intramolecular Hbond substituents is 1. The number of Topliss-reactive ketones (excluding diaryl/α,β-unsaturated/α-hetero) is 1. The van der Waals surface area contributed by atoms with Crippen LogP contribution in [0.2, 0.25) is 0 Å². The molecule has 3 nitrogen and oxygen atoms in total. The molecule has 1 aromatic rings. The Morgan fingerprint density at radius 2 is 2.21 bits per heavy atom. The van der Waals surface area contributed by atoms with Gasteiger partial charge in [-0.05, 0) is 81.9 Å². The van der Waals surface area contributed by atoms with E-state index in [0.29, 0.717) is 40.7 Å². The van der Waals surface area contributed by atoms with Gasteiger partial charge in [0.15, 0.2) is 0 Å². The first-order chi connectivity index (χ1) is 16.3. The molecule has 1 saturated heterocycles. The molecule has 29 heavy (non-hydrogen) atoms. The summed E-state index contributed by atoms with van der Waals surface area (Å²) in [5.41, 5.74) is 1.22. The standard InChI is InChI=1S/C24H32O3S2/c1-15(25)6-4-7-16-12-20(26)22-18-14-17(23-28-10-5-11-29-23)8-9-19(18)24(2,3)27-21(22)13-16/h12-14,18-19,23,26H,4-11H2,1-3H3/i1D3,2D3. The van der Waals surface area contributed by atoms with Crippen LogP contribution in [0.4, 0.5) is 0 Å². The van der Waals surface area contributed by atoms with Gasteiger partial charge in [-0.2, -0.15) is 0 Å². The van der Waals surface area contributed by atoms with Gasteiger partial charge < -0.3 is 14.6 Å². The van der Waals surface area contributed by atoms with E-state index in [-0.39, 0.29) is 24.0 Å². The Morgan fingerprint density at radius 3 is 2.97 bits per heavy atom. The second-order valence-corrected chi connectivity index (χ2v) is 11.1. The van der Waals surface area contributed by atoms with E-state index in [0.717, 1.165) is 17.9 Å². The fourth-order valence-corrected chi connectivity index (χ4v) is 7.74. The topological polar surface area (TPSA) is 46.5 Å². The number of carbonyl (C=O) groups is 1. The van der Waals surface area contributed by atoms with Crippen LogP contribution in [0.1, 0.15) is 78.0 Å². The third-order valence-electron chi connectivity index (χ3n) is 6.11. The molecular weight excluding hydrogens is 400 g/mol. The van der Waals surface area contributed by atoms with Crippen molar-refractivity contribution in [3.05, 3.63) is 34.9 Å². The van der Waals surface area contributed by atoms with Gasteiger partial charge >= 0.3 is 0 Å². The largest absolute Gasteiger partial charge is 0.507 e. The zero-order chi connectivity index (χ0) is 25.6. The van der Waals surface area contributed by atoms with Crippen molar-refractivity contribution >= 4 is 29.3 Å². The van der Waals surface area contributed by atoms with Gasteiger partial charge in [0.25, 0.3) is 0 Å². The zero-order valence-corrected chi connectivity index (χ0v) is 18.3. The summed E-state index contributed by atoms with van der Waals surface area (Å²) in [6.45, 7) is -3.31. The molecule has 0 spiro atoms. The number of rotatable bonds is 5. The molecule has 2 aliphatic heterocycles. The van der Waals surface area contributed by atoms with Gasteiger partial charge in [-0.25, -0.2) is 0 Å². The minimum absolute atomic E-state index is 0.0590. The third kappa shape index (κ3) is 4.51. The Morgan fingerprint density at radius 1 is 1.38 bits per heavy atom. The van der Waals surface area contributed by atoms with Crippen molar-refractivity contribution in [2.45, 2.75) is 75.3 Å². The van der Waals surface area contributed by atoms with E-state index in [2.05, 4.69) is 6.08 Å². The number of hydrogen-bond acceptors (Lipinski definition) is 5. The van der Waals surface area contributed by atoms with E-state index in [9.17, 15) is 9.90 Å². The SMILES string of the molecule is [2H]C([2H])([2H])C(=O)CCCc1cc(O)c2c(c1)OC(C)(C([2H])([2H])[2H])C1CCC(C3SCCCS3)=CC21. The highest BCUT2D eigenvalue weighted by molar-refractivity contribution is 8.17. The summed E-state index contributed by atoms with van der Waals surface area (Å²) in [7, 11) is 0. The number of ketones is 1.